The average Bonchev–Trinajstić information content (AvgIpc) is 2.83. The summed E-state index contributed by atoms with van der Waals surface area (Å²) in [6.45, 7) is 2.12. The molecule has 0 radical (unpaired) electrons. The fourth-order valence-corrected chi connectivity index (χ4v) is 2.24. The van der Waals surface area contributed by atoms with Crippen molar-refractivity contribution >= 4 is 23.2 Å². The van der Waals surface area contributed by atoms with Gasteiger partial charge < -0.3 is 10.4 Å². The first-order chi connectivity index (χ1) is 9.06. The van der Waals surface area contributed by atoms with Crippen LogP contribution in [0.1, 0.15) is 30.6 Å². The van der Waals surface area contributed by atoms with Gasteiger partial charge in [-0.3, -0.25) is 4.79 Å². The standard InChI is InChI=1S/C13H12N2O3S/c1-8-14-7-11(19-8)12(16)15-6-9-3-2-4-10(5-9)13(17)18/h2-5,7H,6H2,1H3,(H,15,16)(H,17,18). The number of hydrogen-bond donors (Lipinski definition) is 2. The number of amides is 1. The smallest absolute Gasteiger partial charge is 0.335 e. The molecule has 0 spiro atoms. The van der Waals surface area contributed by atoms with Crippen LogP contribution in [0.4, 0.5) is 0 Å². The van der Waals surface area contributed by atoms with Crippen LogP contribution in [0.2, 0.25) is 0 Å². The van der Waals surface area contributed by atoms with Gasteiger partial charge in [-0.2, -0.15) is 0 Å². The van der Waals surface area contributed by atoms with E-state index in [1.165, 1.54) is 23.6 Å². The summed E-state index contributed by atoms with van der Waals surface area (Å²) in [5.41, 5.74) is 0.954. The van der Waals surface area contributed by atoms with E-state index >= 15 is 0 Å². The number of nitrogens with one attached hydrogen (secondary N) is 1. The van der Waals surface area contributed by atoms with Crippen molar-refractivity contribution in [1.82, 2.24) is 10.3 Å². The SMILES string of the molecule is Cc1ncc(C(=O)NCc2cccc(C(=O)O)c2)s1. The summed E-state index contributed by atoms with van der Waals surface area (Å²) >= 11 is 1.32. The Morgan fingerprint density at radius 1 is 1.42 bits per heavy atom. The maximum absolute atomic E-state index is 11.8. The minimum atomic E-state index is -0.980. The average molecular weight is 276 g/mol. The molecular weight excluding hydrogens is 264 g/mol. The summed E-state index contributed by atoms with van der Waals surface area (Å²) in [5, 5.41) is 12.4. The lowest BCUT2D eigenvalue weighted by molar-refractivity contribution is 0.0696. The third-order valence-corrected chi connectivity index (χ3v) is 3.38. The lowest BCUT2D eigenvalue weighted by atomic mass is 10.1. The molecule has 0 atom stereocenters. The molecule has 5 nitrogen and oxygen atoms in total. The van der Waals surface area contributed by atoms with Gasteiger partial charge in [-0.05, 0) is 24.6 Å². The van der Waals surface area contributed by atoms with Crippen LogP contribution >= 0.6 is 11.3 Å². The Bertz CT molecular complexity index is 622. The second-order valence-corrected chi connectivity index (χ2v) is 5.17. The van der Waals surface area contributed by atoms with E-state index < -0.39 is 5.97 Å². The number of carboxylic acids is 1. The molecule has 0 saturated heterocycles. The van der Waals surface area contributed by atoms with Crippen molar-refractivity contribution in [3.05, 3.63) is 51.5 Å². The zero-order valence-corrected chi connectivity index (χ0v) is 11.0. The van der Waals surface area contributed by atoms with Crippen LogP contribution < -0.4 is 5.32 Å². The van der Waals surface area contributed by atoms with Crippen LogP contribution in [-0.2, 0) is 6.54 Å². The van der Waals surface area contributed by atoms with Crippen molar-refractivity contribution in [2.24, 2.45) is 0 Å². The van der Waals surface area contributed by atoms with Gasteiger partial charge in [0.05, 0.1) is 16.8 Å². The largest absolute Gasteiger partial charge is 0.478 e. The predicted octanol–water partition coefficient (Wildman–Crippen LogP) is 2.08. The Morgan fingerprint density at radius 3 is 2.84 bits per heavy atom. The van der Waals surface area contributed by atoms with Gasteiger partial charge in [-0.25, -0.2) is 9.78 Å². The fraction of sp³-hybridized carbons (Fsp3) is 0.154. The van der Waals surface area contributed by atoms with Crippen molar-refractivity contribution < 1.29 is 14.7 Å². The molecule has 98 valence electrons. The molecule has 19 heavy (non-hydrogen) atoms. The minimum Gasteiger partial charge on any atom is -0.478 e. The number of benzene rings is 1. The second kappa shape index (κ2) is 5.62. The van der Waals surface area contributed by atoms with E-state index in [1.54, 1.807) is 18.2 Å². The van der Waals surface area contributed by atoms with E-state index in [0.29, 0.717) is 4.88 Å². The summed E-state index contributed by atoms with van der Waals surface area (Å²) in [6.07, 6.45) is 1.53. The first-order valence-corrected chi connectivity index (χ1v) is 6.41. The maximum Gasteiger partial charge on any atom is 0.335 e. The maximum atomic E-state index is 11.8. The number of carboxylic acid groups (broad SMARTS) is 1. The number of nitrogens with zero attached hydrogens (tertiary/aromatic N) is 1. The van der Waals surface area contributed by atoms with E-state index in [4.69, 9.17) is 5.11 Å². The Labute approximate surface area is 113 Å². The Morgan fingerprint density at radius 2 is 2.21 bits per heavy atom. The highest BCUT2D eigenvalue weighted by Crippen LogP contribution is 2.11. The molecule has 2 aromatic rings. The molecule has 0 aliphatic heterocycles. The topological polar surface area (TPSA) is 79.3 Å². The number of hydrogen-bond acceptors (Lipinski definition) is 4. The Kier molecular flexibility index (Phi) is 3.91. The third-order valence-electron chi connectivity index (χ3n) is 2.47. The van der Waals surface area contributed by atoms with E-state index in [0.717, 1.165) is 10.6 Å². The van der Waals surface area contributed by atoms with Crippen LogP contribution in [-0.4, -0.2) is 22.0 Å². The van der Waals surface area contributed by atoms with Gasteiger partial charge in [0.15, 0.2) is 0 Å². The molecule has 1 heterocycles. The van der Waals surface area contributed by atoms with Crippen LogP contribution in [0, 0.1) is 6.92 Å². The molecule has 1 aromatic carbocycles. The number of thiazole rings is 1. The van der Waals surface area contributed by atoms with E-state index in [1.807, 2.05) is 6.92 Å². The van der Waals surface area contributed by atoms with Gasteiger partial charge in [0.1, 0.15) is 4.88 Å². The van der Waals surface area contributed by atoms with Crippen LogP contribution in [0.25, 0.3) is 0 Å². The zero-order valence-electron chi connectivity index (χ0n) is 10.2. The van der Waals surface area contributed by atoms with Gasteiger partial charge in [0, 0.05) is 6.54 Å². The van der Waals surface area contributed by atoms with Crippen LogP contribution in [0.5, 0.6) is 0 Å². The molecular formula is C13H12N2O3S. The minimum absolute atomic E-state index is 0.202. The summed E-state index contributed by atoms with van der Waals surface area (Å²) in [6, 6.07) is 6.48. The number of rotatable bonds is 4. The summed E-state index contributed by atoms with van der Waals surface area (Å²) < 4.78 is 0. The Hall–Kier alpha value is -2.21. The summed E-state index contributed by atoms with van der Waals surface area (Å²) in [7, 11) is 0. The van der Waals surface area contributed by atoms with Gasteiger partial charge in [0.25, 0.3) is 5.91 Å². The lowest BCUT2D eigenvalue weighted by Gasteiger charge is -2.04. The Balaban J connectivity index is 2.01. The molecule has 0 aliphatic carbocycles. The van der Waals surface area contributed by atoms with Gasteiger partial charge in [-0.1, -0.05) is 12.1 Å². The lowest BCUT2D eigenvalue weighted by Crippen LogP contribution is -2.21. The highest BCUT2D eigenvalue weighted by atomic mass is 32.1. The molecule has 0 saturated carbocycles. The van der Waals surface area contributed by atoms with E-state index in [9.17, 15) is 9.59 Å². The van der Waals surface area contributed by atoms with Crippen molar-refractivity contribution in [3.63, 3.8) is 0 Å². The monoisotopic (exact) mass is 276 g/mol. The normalized spacial score (nSPS) is 10.2. The van der Waals surface area contributed by atoms with Gasteiger partial charge in [-0.15, -0.1) is 11.3 Å². The molecule has 0 fully saturated rings. The molecule has 1 aromatic heterocycles. The number of aromatic carboxylic acids is 1. The molecule has 0 aliphatic rings. The third kappa shape index (κ3) is 3.38. The van der Waals surface area contributed by atoms with E-state index in [2.05, 4.69) is 10.3 Å². The first kappa shape index (κ1) is 13.2. The van der Waals surface area contributed by atoms with E-state index in [-0.39, 0.29) is 18.0 Å². The van der Waals surface area contributed by atoms with Crippen LogP contribution in [0.15, 0.2) is 30.5 Å². The second-order valence-electron chi connectivity index (χ2n) is 3.93. The molecule has 0 unspecified atom stereocenters. The number of carbonyl (C=O) groups excluding carboxylic acids is 1. The van der Waals surface area contributed by atoms with Gasteiger partial charge >= 0.3 is 5.97 Å². The van der Waals surface area contributed by atoms with Crippen molar-refractivity contribution in [2.45, 2.75) is 13.5 Å². The number of aromatic nitrogens is 1. The van der Waals surface area contributed by atoms with Crippen molar-refractivity contribution in [3.8, 4) is 0 Å². The summed E-state index contributed by atoms with van der Waals surface area (Å²) in [5.74, 6) is -1.18. The van der Waals surface area contributed by atoms with Crippen molar-refractivity contribution in [1.29, 1.82) is 0 Å². The predicted molar refractivity (Wildman–Crippen MR) is 71.4 cm³/mol. The first-order valence-electron chi connectivity index (χ1n) is 5.59. The van der Waals surface area contributed by atoms with Crippen LogP contribution in [0.3, 0.4) is 0 Å². The highest BCUT2D eigenvalue weighted by Gasteiger charge is 2.09. The highest BCUT2D eigenvalue weighted by molar-refractivity contribution is 7.13. The quantitative estimate of drug-likeness (QED) is 0.896. The molecule has 2 rings (SSSR count). The fourth-order valence-electron chi connectivity index (χ4n) is 1.55. The molecule has 2 N–H and O–H groups in total. The summed E-state index contributed by atoms with van der Waals surface area (Å²) in [4.78, 5) is 27.2. The number of carbonyl (C=O) groups is 2. The van der Waals surface area contributed by atoms with Crippen molar-refractivity contribution in [2.75, 3.05) is 0 Å². The zero-order chi connectivity index (χ0) is 13.8. The number of aryl methyl sites for hydroxylation is 1. The van der Waals surface area contributed by atoms with Gasteiger partial charge in [0.2, 0.25) is 0 Å². The molecule has 6 heteroatoms. The molecule has 1 amide bonds. The molecule has 0 bridgehead atoms.